The van der Waals surface area contributed by atoms with Crippen LogP contribution >= 0.6 is 0 Å². The van der Waals surface area contributed by atoms with Crippen LogP contribution in [0.3, 0.4) is 0 Å². The summed E-state index contributed by atoms with van der Waals surface area (Å²) in [6.45, 7) is -0.194. The largest absolute Gasteiger partial charge is 0.494 e. The van der Waals surface area contributed by atoms with Crippen molar-refractivity contribution in [1.29, 1.82) is 0 Å². The molecule has 0 bridgehead atoms. The Morgan fingerprint density at radius 1 is 1.24 bits per heavy atom. The van der Waals surface area contributed by atoms with E-state index < -0.39 is 16.6 Å². The van der Waals surface area contributed by atoms with Crippen molar-refractivity contribution in [2.24, 2.45) is 0 Å². The molecule has 0 aliphatic carbocycles. The van der Waals surface area contributed by atoms with E-state index in [-0.39, 0.29) is 30.3 Å². The molecule has 0 aliphatic rings. The first kappa shape index (κ1) is 18.2. The van der Waals surface area contributed by atoms with E-state index in [2.05, 4.69) is 0 Å². The molecule has 2 rings (SSSR count). The molecule has 2 aromatic rings. The predicted octanol–water partition coefficient (Wildman–Crippen LogP) is 2.78. The Labute approximate surface area is 143 Å². The van der Waals surface area contributed by atoms with E-state index in [1.54, 1.807) is 12.1 Å². The van der Waals surface area contributed by atoms with Gasteiger partial charge in [-0.3, -0.25) is 14.9 Å². The molecule has 0 atom stereocenters. The Kier molecular flexibility index (Phi) is 5.89. The van der Waals surface area contributed by atoms with Gasteiger partial charge in [-0.1, -0.05) is 18.2 Å². The number of para-hydroxylation sites is 2. The number of likely N-dealkylation sites (N-methyl/N-ethyl adjacent to an activating group) is 1. The van der Waals surface area contributed by atoms with Crippen LogP contribution in [-0.2, 0) is 11.3 Å². The van der Waals surface area contributed by atoms with Gasteiger partial charge >= 0.3 is 5.69 Å². The Hall–Kier alpha value is -3.16. The van der Waals surface area contributed by atoms with Crippen molar-refractivity contribution in [2.75, 3.05) is 20.8 Å². The summed E-state index contributed by atoms with van der Waals surface area (Å²) in [6, 6.07) is 10.2. The van der Waals surface area contributed by atoms with E-state index in [1.807, 2.05) is 0 Å². The number of nitro benzene ring substituents is 1. The monoisotopic (exact) mass is 348 g/mol. The lowest BCUT2D eigenvalue weighted by Gasteiger charge is -2.18. The molecule has 0 N–H and O–H groups in total. The Morgan fingerprint density at radius 2 is 1.96 bits per heavy atom. The number of hydrogen-bond donors (Lipinski definition) is 0. The maximum absolute atomic E-state index is 13.7. The fourth-order valence-corrected chi connectivity index (χ4v) is 2.15. The smallest absolute Gasteiger partial charge is 0.310 e. The average molecular weight is 348 g/mol. The molecule has 0 unspecified atom stereocenters. The molecule has 132 valence electrons. The Balaban J connectivity index is 1.97. The van der Waals surface area contributed by atoms with Crippen LogP contribution in [0.25, 0.3) is 0 Å². The molecular formula is C17H17FN2O5. The summed E-state index contributed by atoms with van der Waals surface area (Å²) in [5, 5.41) is 10.9. The molecule has 0 aromatic heterocycles. The SMILES string of the molecule is COc1ccc(CN(C)C(=O)COc2ccccc2[N+](=O)[O-])cc1F. The first-order valence-electron chi connectivity index (χ1n) is 7.35. The van der Waals surface area contributed by atoms with Crippen molar-refractivity contribution >= 4 is 11.6 Å². The first-order valence-corrected chi connectivity index (χ1v) is 7.35. The number of amides is 1. The number of rotatable bonds is 7. The number of halogens is 1. The highest BCUT2D eigenvalue weighted by molar-refractivity contribution is 5.77. The standard InChI is InChI=1S/C17H17FN2O5/c1-19(10-12-7-8-15(24-2)13(18)9-12)17(21)11-25-16-6-4-3-5-14(16)20(22)23/h3-9H,10-11H2,1-2H3. The van der Waals surface area contributed by atoms with Gasteiger partial charge in [0.2, 0.25) is 0 Å². The second kappa shape index (κ2) is 8.09. The van der Waals surface area contributed by atoms with E-state index in [9.17, 15) is 19.3 Å². The highest BCUT2D eigenvalue weighted by Gasteiger charge is 2.17. The fourth-order valence-electron chi connectivity index (χ4n) is 2.15. The minimum absolute atomic E-state index is 0.0183. The lowest BCUT2D eigenvalue weighted by atomic mass is 10.2. The summed E-state index contributed by atoms with van der Waals surface area (Å²) in [5.41, 5.74) is 0.370. The molecule has 1 amide bonds. The molecule has 7 nitrogen and oxygen atoms in total. The number of carbonyl (C=O) groups is 1. The van der Waals surface area contributed by atoms with Crippen molar-refractivity contribution in [2.45, 2.75) is 6.54 Å². The van der Waals surface area contributed by atoms with Crippen LogP contribution in [0.1, 0.15) is 5.56 Å². The van der Waals surface area contributed by atoms with Crippen molar-refractivity contribution in [1.82, 2.24) is 4.90 Å². The summed E-state index contributed by atoms with van der Waals surface area (Å²) >= 11 is 0. The third-order valence-electron chi connectivity index (χ3n) is 3.47. The third-order valence-corrected chi connectivity index (χ3v) is 3.47. The van der Waals surface area contributed by atoms with Crippen molar-refractivity contribution in [3.8, 4) is 11.5 Å². The van der Waals surface area contributed by atoms with E-state index in [0.717, 1.165) is 0 Å². The Bertz CT molecular complexity index is 781. The average Bonchev–Trinajstić information content (AvgIpc) is 2.59. The maximum Gasteiger partial charge on any atom is 0.310 e. The molecular weight excluding hydrogens is 331 g/mol. The maximum atomic E-state index is 13.7. The van der Waals surface area contributed by atoms with Crippen LogP contribution in [0.2, 0.25) is 0 Å². The molecule has 0 fully saturated rings. The van der Waals surface area contributed by atoms with E-state index in [0.29, 0.717) is 5.56 Å². The quantitative estimate of drug-likeness (QED) is 0.568. The molecule has 0 saturated carbocycles. The number of hydrogen-bond acceptors (Lipinski definition) is 5. The molecule has 8 heteroatoms. The van der Waals surface area contributed by atoms with Gasteiger partial charge in [-0.05, 0) is 23.8 Å². The van der Waals surface area contributed by atoms with E-state index in [1.165, 1.54) is 49.4 Å². The van der Waals surface area contributed by atoms with Crippen LogP contribution in [0, 0.1) is 15.9 Å². The van der Waals surface area contributed by atoms with Gasteiger partial charge in [0.25, 0.3) is 5.91 Å². The van der Waals surface area contributed by atoms with Crippen molar-refractivity contribution < 1.29 is 23.6 Å². The van der Waals surface area contributed by atoms with Gasteiger partial charge in [0.05, 0.1) is 12.0 Å². The first-order chi connectivity index (χ1) is 11.9. The summed E-state index contributed by atoms with van der Waals surface area (Å²) < 4.78 is 23.8. The third kappa shape index (κ3) is 4.66. The van der Waals surface area contributed by atoms with Gasteiger partial charge < -0.3 is 14.4 Å². The summed E-state index contributed by atoms with van der Waals surface area (Å²) in [7, 11) is 2.90. The Morgan fingerprint density at radius 3 is 2.60 bits per heavy atom. The zero-order valence-corrected chi connectivity index (χ0v) is 13.8. The number of nitrogens with zero attached hydrogens (tertiary/aromatic N) is 2. The fraction of sp³-hybridized carbons (Fsp3) is 0.235. The number of methoxy groups -OCH3 is 1. The van der Waals surface area contributed by atoms with Crippen LogP contribution in [0.5, 0.6) is 11.5 Å². The summed E-state index contributed by atoms with van der Waals surface area (Å²) in [4.78, 5) is 23.8. The molecule has 0 heterocycles. The van der Waals surface area contributed by atoms with Crippen LogP contribution in [-0.4, -0.2) is 36.5 Å². The normalized spacial score (nSPS) is 10.2. The number of benzene rings is 2. The zero-order chi connectivity index (χ0) is 18.4. The summed E-state index contributed by atoms with van der Waals surface area (Å²) in [5.74, 6) is -0.770. The second-order valence-corrected chi connectivity index (χ2v) is 5.23. The van der Waals surface area contributed by atoms with Crippen LogP contribution < -0.4 is 9.47 Å². The van der Waals surface area contributed by atoms with Gasteiger partial charge in [-0.15, -0.1) is 0 Å². The van der Waals surface area contributed by atoms with Crippen molar-refractivity contribution in [3.05, 3.63) is 64.0 Å². The highest BCUT2D eigenvalue weighted by atomic mass is 19.1. The zero-order valence-electron chi connectivity index (χ0n) is 13.8. The molecule has 0 aliphatic heterocycles. The van der Waals surface area contributed by atoms with Gasteiger partial charge in [0.1, 0.15) is 0 Å². The molecule has 0 radical (unpaired) electrons. The number of nitro groups is 1. The lowest BCUT2D eigenvalue weighted by molar-refractivity contribution is -0.385. The van der Waals surface area contributed by atoms with Crippen LogP contribution in [0.15, 0.2) is 42.5 Å². The minimum Gasteiger partial charge on any atom is -0.494 e. The van der Waals surface area contributed by atoms with Crippen molar-refractivity contribution in [3.63, 3.8) is 0 Å². The minimum atomic E-state index is -0.580. The van der Waals surface area contributed by atoms with E-state index in [4.69, 9.17) is 9.47 Å². The molecule has 25 heavy (non-hydrogen) atoms. The topological polar surface area (TPSA) is 81.9 Å². The second-order valence-electron chi connectivity index (χ2n) is 5.23. The van der Waals surface area contributed by atoms with E-state index >= 15 is 0 Å². The number of carbonyl (C=O) groups excluding carboxylic acids is 1. The van der Waals surface area contributed by atoms with Gasteiger partial charge in [-0.25, -0.2) is 4.39 Å². The lowest BCUT2D eigenvalue weighted by Crippen LogP contribution is -2.31. The van der Waals surface area contributed by atoms with Gasteiger partial charge in [0.15, 0.2) is 23.9 Å². The van der Waals surface area contributed by atoms with Crippen LogP contribution in [0.4, 0.5) is 10.1 Å². The predicted molar refractivity (Wildman–Crippen MR) is 88.0 cm³/mol. The molecule has 0 saturated heterocycles. The van der Waals surface area contributed by atoms with Gasteiger partial charge in [-0.2, -0.15) is 0 Å². The molecule has 2 aromatic carbocycles. The van der Waals surface area contributed by atoms with Gasteiger partial charge in [0, 0.05) is 19.7 Å². The highest BCUT2D eigenvalue weighted by Crippen LogP contribution is 2.25. The number of ether oxygens (including phenoxy) is 2. The molecule has 0 spiro atoms. The summed E-state index contributed by atoms with van der Waals surface area (Å²) in [6.07, 6.45) is 0.